The predicted octanol–water partition coefficient (Wildman–Crippen LogP) is 16.1. The van der Waals surface area contributed by atoms with E-state index >= 15 is 0 Å². The Morgan fingerprint density at radius 2 is 0.750 bits per heavy atom. The van der Waals surface area contributed by atoms with Crippen LogP contribution in [0.1, 0.15) is 258 Å². The fraction of sp³-hybridized carbons (Fsp3) is 0.843. The molecule has 9 heteroatoms. The van der Waals surface area contributed by atoms with Crippen LogP contribution in [0.2, 0.25) is 0 Å². The quantitative estimate of drug-likeness (QED) is 0.0269. The maximum absolute atomic E-state index is 12.5. The molecule has 0 aromatic rings. The molecule has 0 rings (SSSR count). The zero-order valence-electron chi connectivity index (χ0n) is 39.1. The molecule has 1 unspecified atom stereocenters. The SMILES string of the molecule is CCCCC/C=C\C/C=C\CCCCCCCCCCCC(=O)OC(COC(=O)CCCCCCCCCCCCC/C=C\CCCCCCCCCC)COP(=O)(O)O. The van der Waals surface area contributed by atoms with E-state index in [0.717, 1.165) is 51.4 Å². The van der Waals surface area contributed by atoms with E-state index in [2.05, 4.69) is 54.8 Å². The lowest BCUT2D eigenvalue weighted by atomic mass is 10.0. The molecule has 0 saturated heterocycles. The minimum Gasteiger partial charge on any atom is -0.462 e. The van der Waals surface area contributed by atoms with E-state index < -0.39 is 32.5 Å². The van der Waals surface area contributed by atoms with E-state index in [1.54, 1.807) is 0 Å². The van der Waals surface area contributed by atoms with E-state index in [0.29, 0.717) is 6.42 Å². The van der Waals surface area contributed by atoms with Crippen molar-refractivity contribution in [3.8, 4) is 0 Å². The minimum atomic E-state index is -4.76. The summed E-state index contributed by atoms with van der Waals surface area (Å²) >= 11 is 0. The van der Waals surface area contributed by atoms with E-state index in [-0.39, 0.29) is 19.4 Å². The highest BCUT2D eigenvalue weighted by Crippen LogP contribution is 2.36. The number of carbonyl (C=O) groups is 2. The van der Waals surface area contributed by atoms with Crippen molar-refractivity contribution in [1.82, 2.24) is 0 Å². The number of rotatable bonds is 47. The molecule has 0 spiro atoms. The second-order valence-corrected chi connectivity index (χ2v) is 18.4. The number of ether oxygens (including phenoxy) is 2. The number of esters is 2. The summed E-state index contributed by atoms with van der Waals surface area (Å²) < 4.78 is 26.5. The lowest BCUT2D eigenvalue weighted by Crippen LogP contribution is -2.29. The Bertz CT molecular complexity index is 1070. The maximum atomic E-state index is 12.5. The van der Waals surface area contributed by atoms with Gasteiger partial charge in [-0.05, 0) is 70.6 Å². The molecule has 8 nitrogen and oxygen atoms in total. The van der Waals surface area contributed by atoms with E-state index in [1.165, 1.54) is 173 Å². The lowest BCUT2D eigenvalue weighted by Gasteiger charge is -2.18. The summed E-state index contributed by atoms with van der Waals surface area (Å²) in [6.45, 7) is 3.69. The molecule has 0 aromatic carbocycles. The Kier molecular flexibility index (Phi) is 45.4. The first-order valence-electron chi connectivity index (χ1n) is 25.3. The maximum Gasteiger partial charge on any atom is 0.469 e. The first-order valence-corrected chi connectivity index (χ1v) is 26.8. The van der Waals surface area contributed by atoms with E-state index in [9.17, 15) is 14.2 Å². The van der Waals surface area contributed by atoms with Crippen LogP contribution in [0.15, 0.2) is 36.5 Å². The zero-order valence-corrected chi connectivity index (χ0v) is 40.0. The lowest BCUT2D eigenvalue weighted by molar-refractivity contribution is -0.161. The van der Waals surface area contributed by atoms with Gasteiger partial charge in [-0.3, -0.25) is 14.1 Å². The van der Waals surface area contributed by atoms with Crippen molar-refractivity contribution < 1.29 is 37.9 Å². The average Bonchev–Trinajstić information content (AvgIpc) is 3.22. The third-order valence-electron chi connectivity index (χ3n) is 11.1. The molecular weight excluding hydrogens is 772 g/mol. The molecule has 0 aliphatic carbocycles. The summed E-state index contributed by atoms with van der Waals surface area (Å²) in [7, 11) is -4.76. The molecule has 0 aromatic heterocycles. The van der Waals surface area contributed by atoms with Gasteiger partial charge in [0.15, 0.2) is 6.10 Å². The minimum absolute atomic E-state index is 0.208. The molecule has 352 valence electrons. The van der Waals surface area contributed by atoms with Crippen LogP contribution in [0.4, 0.5) is 0 Å². The summed E-state index contributed by atoms with van der Waals surface area (Å²) in [6, 6.07) is 0. The van der Waals surface area contributed by atoms with Crippen LogP contribution >= 0.6 is 7.82 Å². The normalized spacial score (nSPS) is 12.7. The van der Waals surface area contributed by atoms with Gasteiger partial charge in [0, 0.05) is 12.8 Å². The van der Waals surface area contributed by atoms with Crippen LogP contribution < -0.4 is 0 Å². The molecule has 0 aliphatic heterocycles. The van der Waals surface area contributed by atoms with Gasteiger partial charge in [-0.1, -0.05) is 211 Å². The molecule has 2 N–H and O–H groups in total. The topological polar surface area (TPSA) is 119 Å². The van der Waals surface area contributed by atoms with Gasteiger partial charge in [0.2, 0.25) is 0 Å². The Hall–Kier alpha value is -1.73. The number of phosphoric acid groups is 1. The van der Waals surface area contributed by atoms with Crippen molar-refractivity contribution in [2.24, 2.45) is 0 Å². The Balaban J connectivity index is 3.81. The van der Waals surface area contributed by atoms with Gasteiger partial charge in [0.1, 0.15) is 6.61 Å². The first-order chi connectivity index (χ1) is 29.3. The van der Waals surface area contributed by atoms with Crippen LogP contribution in [-0.2, 0) is 28.2 Å². The van der Waals surface area contributed by atoms with Crippen molar-refractivity contribution in [1.29, 1.82) is 0 Å². The summed E-state index contributed by atoms with van der Waals surface area (Å²) in [5, 5.41) is 0. The average molecular weight is 867 g/mol. The van der Waals surface area contributed by atoms with Crippen molar-refractivity contribution in [3.63, 3.8) is 0 Å². The van der Waals surface area contributed by atoms with Crippen LogP contribution in [0.3, 0.4) is 0 Å². The fourth-order valence-corrected chi connectivity index (χ4v) is 7.70. The van der Waals surface area contributed by atoms with Gasteiger partial charge in [-0.25, -0.2) is 4.57 Å². The van der Waals surface area contributed by atoms with Gasteiger partial charge >= 0.3 is 19.8 Å². The molecule has 0 saturated carbocycles. The van der Waals surface area contributed by atoms with Crippen LogP contribution in [-0.4, -0.2) is 41.0 Å². The molecule has 0 bridgehead atoms. The molecule has 0 heterocycles. The molecular formula is C51H95O8P. The summed E-state index contributed by atoms with van der Waals surface area (Å²) in [6.07, 6.45) is 57.3. The number of phosphoric ester groups is 1. The number of allylic oxidation sites excluding steroid dienone is 6. The molecule has 0 aliphatic rings. The molecule has 0 fully saturated rings. The number of hydrogen-bond donors (Lipinski definition) is 2. The standard InChI is InChI=1S/C51H95O8P/c1-3-5-7-9-11-13-15-17-19-21-23-24-25-26-28-29-31-33-35-37-39-41-43-45-50(52)57-47-49(48-58-60(54,55)56)59-51(53)46-44-42-40-38-36-34-32-30-27-22-20-18-16-14-12-10-8-6-4-2/h12,14,18,20-21,23,49H,3-11,13,15-17,19,22,24-48H2,1-2H3,(H2,54,55,56)/b14-12-,20-18-,23-21-. The fourth-order valence-electron chi connectivity index (χ4n) is 7.34. The van der Waals surface area contributed by atoms with E-state index in [1.807, 2.05) is 0 Å². The third-order valence-corrected chi connectivity index (χ3v) is 11.6. The van der Waals surface area contributed by atoms with Gasteiger partial charge in [-0.2, -0.15) is 0 Å². The second kappa shape index (κ2) is 46.8. The Morgan fingerprint density at radius 1 is 0.433 bits per heavy atom. The largest absolute Gasteiger partial charge is 0.469 e. The van der Waals surface area contributed by atoms with Crippen molar-refractivity contribution in [2.45, 2.75) is 264 Å². The summed E-state index contributed by atoms with van der Waals surface area (Å²) in [5.41, 5.74) is 0. The zero-order chi connectivity index (χ0) is 43.9. The Morgan fingerprint density at radius 3 is 1.15 bits per heavy atom. The van der Waals surface area contributed by atoms with Crippen LogP contribution in [0.25, 0.3) is 0 Å². The smallest absolute Gasteiger partial charge is 0.462 e. The van der Waals surface area contributed by atoms with Gasteiger partial charge in [-0.15, -0.1) is 0 Å². The van der Waals surface area contributed by atoms with Crippen molar-refractivity contribution in [3.05, 3.63) is 36.5 Å². The van der Waals surface area contributed by atoms with Crippen LogP contribution in [0.5, 0.6) is 0 Å². The predicted molar refractivity (Wildman–Crippen MR) is 253 cm³/mol. The molecule has 60 heavy (non-hydrogen) atoms. The van der Waals surface area contributed by atoms with E-state index in [4.69, 9.17) is 19.3 Å². The Labute approximate surface area is 370 Å². The number of carbonyl (C=O) groups excluding carboxylic acids is 2. The molecule has 0 radical (unpaired) electrons. The number of hydrogen-bond acceptors (Lipinski definition) is 6. The first kappa shape index (κ1) is 58.3. The highest BCUT2D eigenvalue weighted by Gasteiger charge is 2.23. The van der Waals surface area contributed by atoms with Crippen LogP contribution in [0, 0.1) is 0 Å². The van der Waals surface area contributed by atoms with Gasteiger partial charge < -0.3 is 19.3 Å². The summed E-state index contributed by atoms with van der Waals surface area (Å²) in [4.78, 5) is 43.1. The van der Waals surface area contributed by atoms with Crippen molar-refractivity contribution in [2.75, 3.05) is 13.2 Å². The highest BCUT2D eigenvalue weighted by molar-refractivity contribution is 7.46. The van der Waals surface area contributed by atoms with Crippen molar-refractivity contribution >= 4 is 19.8 Å². The number of unbranched alkanes of at least 4 members (excludes halogenated alkanes) is 31. The molecule has 0 amide bonds. The van der Waals surface area contributed by atoms with Gasteiger partial charge in [0.05, 0.1) is 6.61 Å². The molecule has 1 atom stereocenters. The second-order valence-electron chi connectivity index (χ2n) is 17.1. The third kappa shape index (κ3) is 48.9. The monoisotopic (exact) mass is 867 g/mol. The van der Waals surface area contributed by atoms with Gasteiger partial charge in [0.25, 0.3) is 0 Å². The summed E-state index contributed by atoms with van der Waals surface area (Å²) in [5.74, 6) is -0.880. The highest BCUT2D eigenvalue weighted by atomic mass is 31.2.